The van der Waals surface area contributed by atoms with Gasteiger partial charge in [-0.1, -0.05) is 6.92 Å². The third-order valence-electron chi connectivity index (χ3n) is 3.96. The van der Waals surface area contributed by atoms with Gasteiger partial charge >= 0.3 is 0 Å². The number of aliphatic hydroxyl groups excluding tert-OH is 1. The van der Waals surface area contributed by atoms with E-state index in [1.165, 1.54) is 8.61 Å². The fraction of sp³-hybridized carbons (Fsp3) is 1.00. The Kier molecular flexibility index (Phi) is 7.39. The van der Waals surface area contributed by atoms with Crippen LogP contribution in [0.2, 0.25) is 0 Å². The molecule has 0 aromatic carbocycles. The molecule has 0 bridgehead atoms. The van der Waals surface area contributed by atoms with Crippen molar-refractivity contribution in [1.82, 2.24) is 8.61 Å². The molecule has 0 saturated carbocycles. The van der Waals surface area contributed by atoms with Crippen LogP contribution in [0.5, 0.6) is 0 Å². The molecule has 0 aliphatic carbocycles. The second-order valence-electron chi connectivity index (χ2n) is 5.42. The summed E-state index contributed by atoms with van der Waals surface area (Å²) < 4.78 is 33.6. The highest BCUT2D eigenvalue weighted by atomic mass is 32.2. The molecule has 0 spiro atoms. The lowest BCUT2D eigenvalue weighted by Gasteiger charge is -2.37. The van der Waals surface area contributed by atoms with Crippen molar-refractivity contribution in [2.24, 2.45) is 5.92 Å². The average molecular weight is 308 g/mol. The number of hydrogen-bond donors (Lipinski definition) is 1. The van der Waals surface area contributed by atoms with Gasteiger partial charge in [0.15, 0.2) is 0 Å². The Hall–Kier alpha value is -0.210. The predicted molar refractivity (Wildman–Crippen MR) is 78.6 cm³/mol. The van der Waals surface area contributed by atoms with Crippen molar-refractivity contribution in [1.29, 1.82) is 0 Å². The Morgan fingerprint density at radius 2 is 2.20 bits per heavy atom. The molecular formula is C13H28N2O4S. The second kappa shape index (κ2) is 8.29. The quantitative estimate of drug-likeness (QED) is 0.716. The monoisotopic (exact) mass is 308 g/mol. The minimum atomic E-state index is -3.48. The van der Waals surface area contributed by atoms with Crippen molar-refractivity contribution in [3.63, 3.8) is 0 Å². The van der Waals surface area contributed by atoms with Gasteiger partial charge in [0.25, 0.3) is 10.2 Å². The molecule has 2 unspecified atom stereocenters. The molecule has 1 heterocycles. The lowest BCUT2D eigenvalue weighted by atomic mass is 10.0. The summed E-state index contributed by atoms with van der Waals surface area (Å²) in [5.74, 6) is 0.0553. The number of methoxy groups -OCH3 is 1. The fourth-order valence-corrected chi connectivity index (χ4v) is 4.45. The molecule has 1 N–H and O–H groups in total. The molecule has 2 atom stereocenters. The molecule has 1 aliphatic rings. The van der Waals surface area contributed by atoms with Crippen LogP contribution in [0.15, 0.2) is 0 Å². The van der Waals surface area contributed by atoms with Crippen LogP contribution >= 0.6 is 0 Å². The van der Waals surface area contributed by atoms with E-state index < -0.39 is 10.2 Å². The van der Waals surface area contributed by atoms with Crippen LogP contribution in [0.3, 0.4) is 0 Å². The molecule has 1 rings (SSSR count). The molecular weight excluding hydrogens is 280 g/mol. The van der Waals surface area contributed by atoms with Gasteiger partial charge in [-0.15, -0.1) is 0 Å². The number of ether oxygens (including phenoxy) is 1. The third-order valence-corrected chi connectivity index (χ3v) is 6.08. The van der Waals surface area contributed by atoms with Crippen LogP contribution in [0.4, 0.5) is 0 Å². The number of piperidine rings is 1. The van der Waals surface area contributed by atoms with Gasteiger partial charge in [0.05, 0.1) is 6.61 Å². The summed E-state index contributed by atoms with van der Waals surface area (Å²) in [5, 5.41) is 9.25. The van der Waals surface area contributed by atoms with Crippen LogP contribution in [0.1, 0.15) is 33.1 Å². The van der Waals surface area contributed by atoms with Crippen molar-refractivity contribution >= 4 is 10.2 Å². The van der Waals surface area contributed by atoms with Crippen molar-refractivity contribution in [3.8, 4) is 0 Å². The number of nitrogens with zero attached hydrogens (tertiary/aromatic N) is 2. The highest BCUT2D eigenvalue weighted by Gasteiger charge is 2.35. The molecule has 20 heavy (non-hydrogen) atoms. The van der Waals surface area contributed by atoms with Crippen LogP contribution in [0, 0.1) is 5.92 Å². The molecule has 6 nitrogen and oxygen atoms in total. The maximum atomic E-state index is 12.8. The van der Waals surface area contributed by atoms with Crippen molar-refractivity contribution in [2.75, 3.05) is 40.0 Å². The highest BCUT2D eigenvalue weighted by molar-refractivity contribution is 7.86. The summed E-state index contributed by atoms with van der Waals surface area (Å²) in [4.78, 5) is 0. The van der Waals surface area contributed by atoms with Crippen molar-refractivity contribution < 1.29 is 18.3 Å². The average Bonchev–Trinajstić information content (AvgIpc) is 2.47. The van der Waals surface area contributed by atoms with E-state index >= 15 is 0 Å². The molecule has 1 fully saturated rings. The first-order valence-corrected chi connectivity index (χ1v) is 8.73. The third kappa shape index (κ3) is 4.39. The van der Waals surface area contributed by atoms with E-state index in [1.54, 1.807) is 7.11 Å². The van der Waals surface area contributed by atoms with Gasteiger partial charge in [-0.3, -0.25) is 0 Å². The Labute approximate surface area is 122 Å². The lowest BCUT2D eigenvalue weighted by molar-refractivity contribution is 0.145. The predicted octanol–water partition coefficient (Wildman–Crippen LogP) is 0.682. The first-order valence-electron chi connectivity index (χ1n) is 7.34. The minimum Gasteiger partial charge on any atom is -0.396 e. The van der Waals surface area contributed by atoms with Crippen molar-refractivity contribution in [2.45, 2.75) is 39.2 Å². The van der Waals surface area contributed by atoms with E-state index in [0.29, 0.717) is 26.2 Å². The largest absolute Gasteiger partial charge is 0.396 e. The number of aliphatic hydroxyl groups is 1. The Morgan fingerprint density at radius 3 is 2.75 bits per heavy atom. The molecule has 1 aliphatic heterocycles. The molecule has 0 amide bonds. The first-order chi connectivity index (χ1) is 9.47. The SMILES string of the molecule is CCC(C)N(CCOC)S(=O)(=O)N1CCCC(CO)C1. The standard InChI is InChI=1S/C13H28N2O4S/c1-4-12(2)15(8-9-19-3)20(17,18)14-7-5-6-13(10-14)11-16/h12-13,16H,4-11H2,1-3H3. The zero-order valence-corrected chi connectivity index (χ0v) is 13.6. The van der Waals surface area contributed by atoms with Gasteiger partial charge in [0, 0.05) is 39.4 Å². The zero-order valence-electron chi connectivity index (χ0n) is 12.8. The summed E-state index contributed by atoms with van der Waals surface area (Å²) in [5.41, 5.74) is 0. The topological polar surface area (TPSA) is 70.1 Å². The molecule has 7 heteroatoms. The zero-order chi connectivity index (χ0) is 15.2. The van der Waals surface area contributed by atoms with Gasteiger partial charge < -0.3 is 9.84 Å². The highest BCUT2D eigenvalue weighted by Crippen LogP contribution is 2.22. The second-order valence-corrected chi connectivity index (χ2v) is 7.30. The summed E-state index contributed by atoms with van der Waals surface area (Å²) in [6.45, 7) is 5.66. The molecule has 0 aromatic rings. The summed E-state index contributed by atoms with van der Waals surface area (Å²) in [6, 6.07) is -0.0512. The maximum Gasteiger partial charge on any atom is 0.282 e. The first kappa shape index (κ1) is 17.8. The maximum absolute atomic E-state index is 12.8. The van der Waals surface area contributed by atoms with E-state index in [9.17, 15) is 13.5 Å². The summed E-state index contributed by atoms with van der Waals surface area (Å²) in [6.07, 6.45) is 2.47. The van der Waals surface area contributed by atoms with Crippen LogP contribution in [0.25, 0.3) is 0 Å². The van der Waals surface area contributed by atoms with Gasteiger partial charge in [-0.2, -0.15) is 17.0 Å². The van der Waals surface area contributed by atoms with E-state index in [4.69, 9.17) is 4.74 Å². The van der Waals surface area contributed by atoms with Crippen LogP contribution in [-0.4, -0.2) is 68.1 Å². The normalized spacial score (nSPS) is 23.1. The van der Waals surface area contributed by atoms with E-state index in [-0.39, 0.29) is 18.6 Å². The number of rotatable bonds is 8. The Morgan fingerprint density at radius 1 is 1.50 bits per heavy atom. The molecule has 120 valence electrons. The van der Waals surface area contributed by atoms with E-state index in [0.717, 1.165) is 19.3 Å². The Bertz CT molecular complexity index is 375. The van der Waals surface area contributed by atoms with Gasteiger partial charge in [0.1, 0.15) is 0 Å². The van der Waals surface area contributed by atoms with Crippen LogP contribution < -0.4 is 0 Å². The van der Waals surface area contributed by atoms with E-state index in [1.807, 2.05) is 13.8 Å². The summed E-state index contributed by atoms with van der Waals surface area (Å²) in [7, 11) is -1.90. The van der Waals surface area contributed by atoms with E-state index in [2.05, 4.69) is 0 Å². The lowest BCUT2D eigenvalue weighted by Crippen LogP contribution is -2.51. The molecule has 0 radical (unpaired) electrons. The number of hydrogen-bond acceptors (Lipinski definition) is 4. The van der Waals surface area contributed by atoms with Crippen molar-refractivity contribution in [3.05, 3.63) is 0 Å². The molecule has 1 saturated heterocycles. The summed E-state index contributed by atoms with van der Waals surface area (Å²) >= 11 is 0. The van der Waals surface area contributed by atoms with Gasteiger partial charge in [0.2, 0.25) is 0 Å². The molecule has 0 aromatic heterocycles. The fourth-order valence-electron chi connectivity index (χ4n) is 2.48. The minimum absolute atomic E-state index is 0.0490. The van der Waals surface area contributed by atoms with Gasteiger partial charge in [-0.25, -0.2) is 0 Å². The smallest absolute Gasteiger partial charge is 0.282 e. The van der Waals surface area contributed by atoms with Gasteiger partial charge in [-0.05, 0) is 32.1 Å². The Balaban J connectivity index is 2.85. The van der Waals surface area contributed by atoms with Crippen LogP contribution in [-0.2, 0) is 14.9 Å².